The van der Waals surface area contributed by atoms with Crippen molar-refractivity contribution in [3.63, 3.8) is 0 Å². The van der Waals surface area contributed by atoms with E-state index in [9.17, 15) is 4.79 Å². The number of carbonyl (C=O) groups excluding carboxylic acids is 1. The minimum Gasteiger partial charge on any atom is -0.465 e. The second kappa shape index (κ2) is 10.3. The molecule has 1 unspecified atom stereocenters. The summed E-state index contributed by atoms with van der Waals surface area (Å²) in [6.45, 7) is 4.54. The van der Waals surface area contributed by atoms with E-state index < -0.39 is 0 Å². The number of hydrogen-bond donors (Lipinski definition) is 1. The highest BCUT2D eigenvalue weighted by Gasteiger charge is 2.29. The quantitative estimate of drug-likeness (QED) is 0.400. The van der Waals surface area contributed by atoms with Gasteiger partial charge >= 0.3 is 5.97 Å². The van der Waals surface area contributed by atoms with E-state index in [0.29, 0.717) is 12.0 Å². The van der Waals surface area contributed by atoms with Crippen LogP contribution in [-0.2, 0) is 9.53 Å². The van der Waals surface area contributed by atoms with Crippen molar-refractivity contribution in [1.29, 1.82) is 0 Å². The summed E-state index contributed by atoms with van der Waals surface area (Å²) in [6, 6.07) is -0.108. The molecule has 0 aromatic carbocycles. The van der Waals surface area contributed by atoms with Crippen LogP contribution in [-0.4, -0.2) is 29.7 Å². The van der Waals surface area contributed by atoms with Crippen molar-refractivity contribution in [2.75, 3.05) is 12.4 Å². The van der Waals surface area contributed by atoms with Crippen LogP contribution < -0.4 is 5.32 Å². The van der Waals surface area contributed by atoms with Gasteiger partial charge in [-0.05, 0) is 32.6 Å². The van der Waals surface area contributed by atoms with Crippen LogP contribution in [0.25, 0.3) is 0 Å². The zero-order valence-corrected chi connectivity index (χ0v) is 13.0. The van der Waals surface area contributed by atoms with Crippen LogP contribution >= 0.6 is 11.8 Å². The Balaban J connectivity index is 2.07. The van der Waals surface area contributed by atoms with E-state index in [1.54, 1.807) is 0 Å². The first-order valence-electron chi connectivity index (χ1n) is 7.47. The molecule has 1 aliphatic rings. The minimum atomic E-state index is -0.108. The Hall–Kier alpha value is -0.480. The molecular formula is C15H27NO2S. The summed E-state index contributed by atoms with van der Waals surface area (Å²) in [5.74, 6) is 0.733. The second-order valence-corrected chi connectivity index (χ2v) is 6.07. The van der Waals surface area contributed by atoms with Gasteiger partial charge in [0.15, 0.2) is 0 Å². The summed E-state index contributed by atoms with van der Waals surface area (Å²) in [7, 11) is 0. The Morgan fingerprint density at radius 2 is 2.11 bits per heavy atom. The average Bonchev–Trinajstić information content (AvgIpc) is 2.87. The predicted molar refractivity (Wildman–Crippen MR) is 82.3 cm³/mol. The van der Waals surface area contributed by atoms with E-state index in [0.717, 1.165) is 18.6 Å². The van der Waals surface area contributed by atoms with Crippen LogP contribution in [0.1, 0.15) is 52.4 Å². The smallest absolute Gasteiger partial charge is 0.324 e. The monoisotopic (exact) mass is 285 g/mol. The van der Waals surface area contributed by atoms with E-state index in [1.807, 2.05) is 18.7 Å². The number of esters is 1. The zero-order chi connectivity index (χ0) is 13.9. The Bertz CT molecular complexity index is 281. The maximum atomic E-state index is 11.6. The highest BCUT2D eigenvalue weighted by Crippen LogP contribution is 2.23. The molecule has 1 heterocycles. The summed E-state index contributed by atoms with van der Waals surface area (Å²) < 4.78 is 5.03. The topological polar surface area (TPSA) is 38.3 Å². The van der Waals surface area contributed by atoms with Crippen molar-refractivity contribution in [3.05, 3.63) is 12.2 Å². The Kier molecular flexibility index (Phi) is 9.01. The van der Waals surface area contributed by atoms with E-state index in [1.165, 1.54) is 25.7 Å². The molecule has 1 fully saturated rings. The van der Waals surface area contributed by atoms with Crippen LogP contribution in [0.2, 0.25) is 0 Å². The van der Waals surface area contributed by atoms with Gasteiger partial charge in [-0.3, -0.25) is 10.1 Å². The molecule has 19 heavy (non-hydrogen) atoms. The SMILES string of the molecule is CCCCC/C=C/CCC1N[C@H](C(=O)OCC)CS1. The van der Waals surface area contributed by atoms with E-state index in [-0.39, 0.29) is 12.0 Å². The molecule has 0 saturated carbocycles. The summed E-state index contributed by atoms with van der Waals surface area (Å²) in [6.07, 6.45) is 11.8. The standard InChI is InChI=1S/C15H27NO2S/c1-3-5-6-7-8-9-10-11-14-16-13(12-19-14)15(17)18-4-2/h8-9,13-14,16H,3-7,10-12H2,1-2H3/b9-8+/t13-,14?/m0/s1. The molecule has 0 radical (unpaired) electrons. The van der Waals surface area contributed by atoms with E-state index in [2.05, 4.69) is 24.4 Å². The largest absolute Gasteiger partial charge is 0.465 e. The molecule has 3 nitrogen and oxygen atoms in total. The molecule has 0 aliphatic carbocycles. The Labute approximate surface area is 121 Å². The fourth-order valence-corrected chi connectivity index (χ4v) is 3.29. The summed E-state index contributed by atoms with van der Waals surface area (Å²) in [5.41, 5.74) is 0. The van der Waals surface area contributed by atoms with Gasteiger partial charge in [0.25, 0.3) is 0 Å². The molecule has 0 aromatic rings. The van der Waals surface area contributed by atoms with Gasteiger partial charge in [-0.1, -0.05) is 31.9 Å². The molecule has 1 aliphatic heterocycles. The molecule has 0 amide bonds. The Morgan fingerprint density at radius 3 is 2.84 bits per heavy atom. The fraction of sp³-hybridized carbons (Fsp3) is 0.800. The third-order valence-electron chi connectivity index (χ3n) is 3.16. The maximum absolute atomic E-state index is 11.6. The van der Waals surface area contributed by atoms with Gasteiger partial charge in [0.2, 0.25) is 0 Å². The normalized spacial score (nSPS) is 23.1. The fourth-order valence-electron chi connectivity index (χ4n) is 2.07. The number of rotatable bonds is 9. The average molecular weight is 285 g/mol. The van der Waals surface area contributed by atoms with Gasteiger partial charge in [0, 0.05) is 5.75 Å². The number of thioether (sulfide) groups is 1. The molecule has 0 spiro atoms. The van der Waals surface area contributed by atoms with Crippen LogP contribution in [0.4, 0.5) is 0 Å². The first-order chi connectivity index (χ1) is 9.27. The van der Waals surface area contributed by atoms with Crippen LogP contribution in [0.15, 0.2) is 12.2 Å². The zero-order valence-electron chi connectivity index (χ0n) is 12.2. The third kappa shape index (κ3) is 7.02. The number of ether oxygens (including phenoxy) is 1. The lowest BCUT2D eigenvalue weighted by atomic mass is 10.2. The predicted octanol–water partition coefficient (Wildman–Crippen LogP) is 3.50. The lowest BCUT2D eigenvalue weighted by molar-refractivity contribution is -0.144. The molecule has 110 valence electrons. The first kappa shape index (κ1) is 16.6. The molecule has 0 aromatic heterocycles. The van der Waals surface area contributed by atoms with Gasteiger partial charge in [0.1, 0.15) is 6.04 Å². The van der Waals surface area contributed by atoms with Crippen molar-refractivity contribution < 1.29 is 9.53 Å². The lowest BCUT2D eigenvalue weighted by Crippen LogP contribution is -2.37. The highest BCUT2D eigenvalue weighted by atomic mass is 32.2. The highest BCUT2D eigenvalue weighted by molar-refractivity contribution is 8.00. The number of unbranched alkanes of at least 4 members (excludes halogenated alkanes) is 3. The summed E-state index contributed by atoms with van der Waals surface area (Å²) >= 11 is 1.83. The maximum Gasteiger partial charge on any atom is 0.324 e. The first-order valence-corrected chi connectivity index (χ1v) is 8.52. The molecule has 0 bridgehead atoms. The van der Waals surface area contributed by atoms with Crippen molar-refractivity contribution in [2.24, 2.45) is 0 Å². The molecule has 1 N–H and O–H groups in total. The van der Waals surface area contributed by atoms with Crippen LogP contribution in [0, 0.1) is 0 Å². The molecular weight excluding hydrogens is 258 g/mol. The molecule has 1 saturated heterocycles. The van der Waals surface area contributed by atoms with Gasteiger partial charge in [-0.2, -0.15) is 0 Å². The molecule has 4 heteroatoms. The summed E-state index contributed by atoms with van der Waals surface area (Å²) in [4.78, 5) is 11.6. The lowest BCUT2D eigenvalue weighted by Gasteiger charge is -2.11. The Morgan fingerprint density at radius 1 is 1.32 bits per heavy atom. The molecule has 1 rings (SSSR count). The minimum absolute atomic E-state index is 0.104. The van der Waals surface area contributed by atoms with Gasteiger partial charge in [-0.25, -0.2) is 0 Å². The van der Waals surface area contributed by atoms with Crippen LogP contribution in [0.3, 0.4) is 0 Å². The van der Waals surface area contributed by atoms with E-state index in [4.69, 9.17) is 4.74 Å². The van der Waals surface area contributed by atoms with Gasteiger partial charge in [0.05, 0.1) is 12.0 Å². The third-order valence-corrected chi connectivity index (χ3v) is 4.46. The number of hydrogen-bond acceptors (Lipinski definition) is 4. The van der Waals surface area contributed by atoms with Crippen LogP contribution in [0.5, 0.6) is 0 Å². The number of nitrogens with one attached hydrogen (secondary N) is 1. The summed E-state index contributed by atoms with van der Waals surface area (Å²) in [5, 5.41) is 3.74. The van der Waals surface area contributed by atoms with Gasteiger partial charge < -0.3 is 4.74 Å². The van der Waals surface area contributed by atoms with Crippen molar-refractivity contribution in [3.8, 4) is 0 Å². The van der Waals surface area contributed by atoms with E-state index >= 15 is 0 Å². The van der Waals surface area contributed by atoms with Crippen molar-refractivity contribution in [2.45, 2.75) is 63.8 Å². The van der Waals surface area contributed by atoms with Gasteiger partial charge in [-0.15, -0.1) is 11.8 Å². The second-order valence-electron chi connectivity index (χ2n) is 4.84. The number of carbonyl (C=O) groups is 1. The molecule has 2 atom stereocenters. The van der Waals surface area contributed by atoms with Crippen molar-refractivity contribution >= 4 is 17.7 Å². The number of allylic oxidation sites excluding steroid dienone is 2. The van der Waals surface area contributed by atoms with Crippen molar-refractivity contribution in [1.82, 2.24) is 5.32 Å².